The molecule has 58 valence electrons. The van der Waals surface area contributed by atoms with Crippen molar-refractivity contribution < 1.29 is 4.74 Å². The molecule has 1 aliphatic heterocycles. The van der Waals surface area contributed by atoms with Gasteiger partial charge >= 0.3 is 0 Å². The Morgan fingerprint density at radius 1 is 1.08 bits per heavy atom. The predicted octanol–water partition coefficient (Wildman–Crippen LogP) is 2.47. The van der Waals surface area contributed by atoms with Crippen molar-refractivity contribution in [1.29, 1.82) is 0 Å². The van der Waals surface area contributed by atoms with Crippen molar-refractivity contribution in [2.24, 2.45) is 5.41 Å². The summed E-state index contributed by atoms with van der Waals surface area (Å²) in [5.74, 6) is 1.02. The van der Waals surface area contributed by atoms with Crippen molar-refractivity contribution in [3.8, 4) is 0 Å². The summed E-state index contributed by atoms with van der Waals surface area (Å²) >= 11 is 0. The van der Waals surface area contributed by atoms with Gasteiger partial charge in [-0.1, -0.05) is 30.4 Å². The molecule has 1 heteroatoms. The fraction of sp³-hybridized carbons (Fsp3) is 0.0909. The molecule has 0 saturated heterocycles. The van der Waals surface area contributed by atoms with Gasteiger partial charge in [0.05, 0.1) is 11.7 Å². The highest BCUT2D eigenvalue weighted by molar-refractivity contribution is 5.56. The second-order valence-corrected chi connectivity index (χ2v) is 3.16. The van der Waals surface area contributed by atoms with Gasteiger partial charge in [-0.15, -0.1) is 0 Å². The highest BCUT2D eigenvalue weighted by Crippen LogP contribution is 2.48. The molecule has 0 fully saturated rings. The fourth-order valence-electron chi connectivity index (χ4n) is 1.92. The van der Waals surface area contributed by atoms with Crippen LogP contribution >= 0.6 is 0 Å². The van der Waals surface area contributed by atoms with E-state index < -0.39 is 0 Å². The quantitative estimate of drug-likeness (QED) is 0.523. The first-order chi connectivity index (χ1) is 5.92. The molecule has 1 heterocycles. The van der Waals surface area contributed by atoms with E-state index >= 15 is 0 Å². The molecule has 0 saturated carbocycles. The molecule has 0 aromatic carbocycles. The zero-order chi connectivity index (χ0) is 8.02. The lowest BCUT2D eigenvalue weighted by molar-refractivity contribution is 0.331. The van der Waals surface area contributed by atoms with Crippen molar-refractivity contribution in [2.45, 2.75) is 0 Å². The van der Waals surface area contributed by atoms with E-state index in [4.69, 9.17) is 4.74 Å². The third-order valence-corrected chi connectivity index (χ3v) is 2.57. The Hall–Kier alpha value is -1.50. The van der Waals surface area contributed by atoms with Crippen molar-refractivity contribution in [3.05, 3.63) is 60.1 Å². The number of rotatable bonds is 0. The van der Waals surface area contributed by atoms with Gasteiger partial charge in [-0.25, -0.2) is 0 Å². The van der Waals surface area contributed by atoms with E-state index in [0.29, 0.717) is 0 Å². The van der Waals surface area contributed by atoms with Gasteiger partial charge in [-0.2, -0.15) is 0 Å². The minimum absolute atomic E-state index is 0.0469. The molecule has 0 bridgehead atoms. The largest absolute Gasteiger partial charge is 0.468 e. The van der Waals surface area contributed by atoms with Crippen LogP contribution in [0.3, 0.4) is 0 Å². The zero-order valence-corrected chi connectivity index (χ0v) is 6.53. The maximum absolute atomic E-state index is 5.40. The summed E-state index contributed by atoms with van der Waals surface area (Å²) in [7, 11) is 0. The van der Waals surface area contributed by atoms with Crippen LogP contribution in [0.2, 0.25) is 0 Å². The Morgan fingerprint density at radius 2 is 2.08 bits per heavy atom. The SMILES string of the molecule is C1=CC2=CC=CC23C=COC3=C1. The maximum atomic E-state index is 5.40. The average molecular weight is 156 g/mol. The lowest BCUT2D eigenvalue weighted by atomic mass is 9.79. The molecular weight excluding hydrogens is 148 g/mol. The van der Waals surface area contributed by atoms with Crippen molar-refractivity contribution in [3.63, 3.8) is 0 Å². The van der Waals surface area contributed by atoms with Crippen molar-refractivity contribution in [1.82, 2.24) is 0 Å². The Balaban J connectivity index is 2.28. The third-order valence-electron chi connectivity index (χ3n) is 2.57. The molecule has 2 aliphatic carbocycles. The van der Waals surface area contributed by atoms with Gasteiger partial charge in [0.15, 0.2) is 0 Å². The summed E-state index contributed by atoms with van der Waals surface area (Å²) in [6.45, 7) is 0. The molecule has 3 aliphatic rings. The molecule has 0 aromatic rings. The van der Waals surface area contributed by atoms with Gasteiger partial charge in [-0.3, -0.25) is 0 Å². The van der Waals surface area contributed by atoms with E-state index in [0.717, 1.165) is 5.76 Å². The number of hydrogen-bond donors (Lipinski definition) is 0. The Morgan fingerprint density at radius 3 is 3.08 bits per heavy atom. The van der Waals surface area contributed by atoms with E-state index in [1.807, 2.05) is 12.2 Å². The second-order valence-electron chi connectivity index (χ2n) is 3.16. The normalized spacial score (nSPS) is 34.0. The van der Waals surface area contributed by atoms with E-state index in [2.05, 4.69) is 30.4 Å². The van der Waals surface area contributed by atoms with Crippen LogP contribution in [0.15, 0.2) is 60.1 Å². The third kappa shape index (κ3) is 0.514. The number of hydrogen-bond acceptors (Lipinski definition) is 1. The molecule has 1 spiro atoms. The molecular formula is C11H8O. The van der Waals surface area contributed by atoms with Crippen molar-refractivity contribution >= 4 is 0 Å². The molecule has 1 nitrogen and oxygen atoms in total. The summed E-state index contributed by atoms with van der Waals surface area (Å²) in [5, 5.41) is 0. The van der Waals surface area contributed by atoms with Crippen LogP contribution < -0.4 is 0 Å². The molecule has 0 radical (unpaired) electrons. The average Bonchev–Trinajstić information content (AvgIpc) is 2.63. The summed E-state index contributed by atoms with van der Waals surface area (Å²) in [4.78, 5) is 0. The van der Waals surface area contributed by atoms with Gasteiger partial charge in [-0.05, 0) is 17.7 Å². The van der Waals surface area contributed by atoms with Crippen LogP contribution in [0.1, 0.15) is 0 Å². The summed E-state index contributed by atoms with van der Waals surface area (Å²) in [5.41, 5.74) is 1.25. The lowest BCUT2D eigenvalue weighted by Crippen LogP contribution is -2.17. The van der Waals surface area contributed by atoms with Crippen LogP contribution in [-0.4, -0.2) is 0 Å². The van der Waals surface area contributed by atoms with Gasteiger partial charge in [0.1, 0.15) is 5.76 Å². The number of allylic oxidation sites excluding steroid dienone is 6. The number of ether oxygens (including phenoxy) is 1. The van der Waals surface area contributed by atoms with Crippen LogP contribution in [0.25, 0.3) is 0 Å². The summed E-state index contributed by atoms with van der Waals surface area (Å²) in [6.07, 6.45) is 16.4. The molecule has 0 amide bonds. The van der Waals surface area contributed by atoms with Crippen molar-refractivity contribution in [2.75, 3.05) is 0 Å². The topological polar surface area (TPSA) is 9.23 Å². The van der Waals surface area contributed by atoms with E-state index in [1.165, 1.54) is 5.57 Å². The highest BCUT2D eigenvalue weighted by atomic mass is 16.5. The van der Waals surface area contributed by atoms with E-state index in [1.54, 1.807) is 6.26 Å². The van der Waals surface area contributed by atoms with Gasteiger partial charge in [0, 0.05) is 0 Å². The molecule has 12 heavy (non-hydrogen) atoms. The molecule has 1 atom stereocenters. The van der Waals surface area contributed by atoms with Crippen LogP contribution in [-0.2, 0) is 4.74 Å². The minimum atomic E-state index is -0.0469. The molecule has 0 N–H and O–H groups in total. The second kappa shape index (κ2) is 1.81. The summed E-state index contributed by atoms with van der Waals surface area (Å²) in [6, 6.07) is 0. The van der Waals surface area contributed by atoms with E-state index in [9.17, 15) is 0 Å². The standard InChI is InChI=1S/C11H8O/c1-3-9-4-2-6-11(9)7-8-12-10(11)5-1/h1-8H. The van der Waals surface area contributed by atoms with Gasteiger partial charge in [0.2, 0.25) is 0 Å². The van der Waals surface area contributed by atoms with Gasteiger partial charge in [0.25, 0.3) is 0 Å². The van der Waals surface area contributed by atoms with Crippen LogP contribution in [0.4, 0.5) is 0 Å². The highest BCUT2D eigenvalue weighted by Gasteiger charge is 2.40. The fourth-order valence-corrected chi connectivity index (χ4v) is 1.92. The first-order valence-electron chi connectivity index (χ1n) is 4.05. The van der Waals surface area contributed by atoms with Gasteiger partial charge < -0.3 is 4.74 Å². The summed E-state index contributed by atoms with van der Waals surface area (Å²) < 4.78 is 5.40. The van der Waals surface area contributed by atoms with E-state index in [-0.39, 0.29) is 5.41 Å². The lowest BCUT2D eigenvalue weighted by Gasteiger charge is -2.24. The Kier molecular flexibility index (Phi) is 0.912. The Bertz CT molecular complexity index is 380. The van der Waals surface area contributed by atoms with Crippen LogP contribution in [0.5, 0.6) is 0 Å². The predicted molar refractivity (Wildman–Crippen MR) is 47.1 cm³/mol. The minimum Gasteiger partial charge on any atom is -0.468 e. The molecule has 1 unspecified atom stereocenters. The monoisotopic (exact) mass is 156 g/mol. The first-order valence-corrected chi connectivity index (χ1v) is 4.05. The Labute approximate surface area is 71.0 Å². The van der Waals surface area contributed by atoms with Crippen LogP contribution in [0, 0.1) is 5.41 Å². The maximum Gasteiger partial charge on any atom is 0.121 e. The molecule has 0 aromatic heterocycles. The smallest absolute Gasteiger partial charge is 0.121 e. The zero-order valence-electron chi connectivity index (χ0n) is 6.53. The molecule has 3 rings (SSSR count). The first kappa shape index (κ1) is 6.06.